The van der Waals surface area contributed by atoms with E-state index in [-0.39, 0.29) is 16.8 Å². The zero-order valence-electron chi connectivity index (χ0n) is 10.7. The molecule has 2 aromatic rings. The second-order valence-electron chi connectivity index (χ2n) is 4.62. The number of halogens is 3. The van der Waals surface area contributed by atoms with Gasteiger partial charge in [0, 0.05) is 5.39 Å². The van der Waals surface area contributed by atoms with Gasteiger partial charge in [-0.15, -0.1) is 0 Å². The Balaban J connectivity index is 2.77. The van der Waals surface area contributed by atoms with Crippen molar-refractivity contribution >= 4 is 16.9 Å². The molecule has 0 unspecified atom stereocenters. The zero-order valence-corrected chi connectivity index (χ0v) is 10.7. The molecule has 0 aliphatic rings. The quantitative estimate of drug-likeness (QED) is 0.917. The fourth-order valence-corrected chi connectivity index (χ4v) is 1.86. The van der Waals surface area contributed by atoms with Crippen molar-refractivity contribution < 1.29 is 23.1 Å². The fraction of sp³-hybridized carbons (Fsp3) is 0.308. The second kappa shape index (κ2) is 4.73. The van der Waals surface area contributed by atoms with Gasteiger partial charge in [-0.25, -0.2) is 14.8 Å². The molecule has 0 radical (unpaired) electrons. The van der Waals surface area contributed by atoms with E-state index in [0.29, 0.717) is 5.69 Å². The van der Waals surface area contributed by atoms with Gasteiger partial charge in [0.25, 0.3) is 0 Å². The number of hydrogen-bond acceptors (Lipinski definition) is 3. The minimum Gasteiger partial charge on any atom is -0.475 e. The summed E-state index contributed by atoms with van der Waals surface area (Å²) in [5.41, 5.74) is -0.328. The number of rotatable bonds is 2. The van der Waals surface area contributed by atoms with Crippen LogP contribution >= 0.6 is 0 Å². The number of aromatic nitrogens is 2. The molecule has 106 valence electrons. The van der Waals surface area contributed by atoms with Crippen LogP contribution in [0.5, 0.6) is 0 Å². The van der Waals surface area contributed by atoms with Gasteiger partial charge in [0.05, 0.1) is 16.8 Å². The predicted molar refractivity (Wildman–Crippen MR) is 65.6 cm³/mol. The average molecular weight is 284 g/mol. The summed E-state index contributed by atoms with van der Waals surface area (Å²) < 4.78 is 38.2. The summed E-state index contributed by atoms with van der Waals surface area (Å²) in [6.45, 7) is 3.46. The van der Waals surface area contributed by atoms with E-state index in [0.717, 1.165) is 18.2 Å². The highest BCUT2D eigenvalue weighted by Gasteiger charge is 2.31. The van der Waals surface area contributed by atoms with Gasteiger partial charge < -0.3 is 5.11 Å². The van der Waals surface area contributed by atoms with Crippen LogP contribution in [-0.2, 0) is 6.18 Å². The van der Waals surface area contributed by atoms with Crippen molar-refractivity contribution in [3.05, 3.63) is 35.3 Å². The third-order valence-corrected chi connectivity index (χ3v) is 2.79. The number of nitrogens with zero attached hydrogens (tertiary/aromatic N) is 2. The monoisotopic (exact) mass is 284 g/mol. The Hall–Kier alpha value is -2.18. The number of benzene rings is 1. The van der Waals surface area contributed by atoms with Gasteiger partial charge in [-0.05, 0) is 24.1 Å². The van der Waals surface area contributed by atoms with Crippen LogP contribution in [0.2, 0.25) is 0 Å². The number of carboxylic acid groups (broad SMARTS) is 1. The molecule has 1 N–H and O–H groups in total. The van der Waals surface area contributed by atoms with Gasteiger partial charge in [0.2, 0.25) is 5.82 Å². The highest BCUT2D eigenvalue weighted by molar-refractivity contribution is 5.89. The molecule has 0 fully saturated rings. The van der Waals surface area contributed by atoms with Crippen molar-refractivity contribution in [1.82, 2.24) is 9.97 Å². The van der Waals surface area contributed by atoms with Gasteiger partial charge in [0.1, 0.15) is 0 Å². The van der Waals surface area contributed by atoms with E-state index in [2.05, 4.69) is 9.97 Å². The molecule has 1 aromatic carbocycles. The summed E-state index contributed by atoms with van der Waals surface area (Å²) in [6.07, 6.45) is -4.46. The van der Waals surface area contributed by atoms with E-state index >= 15 is 0 Å². The van der Waals surface area contributed by atoms with Crippen LogP contribution < -0.4 is 0 Å². The van der Waals surface area contributed by atoms with E-state index in [4.69, 9.17) is 5.11 Å². The van der Waals surface area contributed by atoms with Crippen LogP contribution in [0, 0.1) is 0 Å². The standard InChI is InChI=1S/C13H11F3N2O2/c1-6(2)10-8-5-7(13(14,15)16)3-4-9(8)17-11(18-10)12(19)20/h3-6H,1-2H3,(H,19,20). The van der Waals surface area contributed by atoms with Crippen molar-refractivity contribution in [1.29, 1.82) is 0 Å². The molecule has 0 aliphatic heterocycles. The first-order valence-electron chi connectivity index (χ1n) is 5.82. The van der Waals surface area contributed by atoms with E-state index in [1.54, 1.807) is 13.8 Å². The number of carboxylic acids is 1. The van der Waals surface area contributed by atoms with Crippen molar-refractivity contribution in [3.63, 3.8) is 0 Å². The molecule has 0 spiro atoms. The first-order valence-corrected chi connectivity index (χ1v) is 5.82. The summed E-state index contributed by atoms with van der Waals surface area (Å²) in [5, 5.41) is 9.15. The lowest BCUT2D eigenvalue weighted by Crippen LogP contribution is -2.10. The SMILES string of the molecule is CC(C)c1nc(C(=O)O)nc2ccc(C(F)(F)F)cc12. The van der Waals surface area contributed by atoms with Crippen LogP contribution in [0.4, 0.5) is 13.2 Å². The minimum atomic E-state index is -4.46. The van der Waals surface area contributed by atoms with Crippen LogP contribution in [0.25, 0.3) is 10.9 Å². The summed E-state index contributed by atoms with van der Waals surface area (Å²) >= 11 is 0. The summed E-state index contributed by atoms with van der Waals surface area (Å²) in [4.78, 5) is 18.5. The lowest BCUT2D eigenvalue weighted by molar-refractivity contribution is -0.137. The van der Waals surface area contributed by atoms with Crippen LogP contribution in [0.15, 0.2) is 18.2 Å². The van der Waals surface area contributed by atoms with Gasteiger partial charge in [-0.3, -0.25) is 0 Å². The Morgan fingerprint density at radius 2 is 1.90 bits per heavy atom. The molecule has 1 aromatic heterocycles. The number of carbonyl (C=O) groups is 1. The number of hydrogen-bond donors (Lipinski definition) is 1. The smallest absolute Gasteiger partial charge is 0.416 e. The van der Waals surface area contributed by atoms with Crippen LogP contribution in [-0.4, -0.2) is 21.0 Å². The number of alkyl halides is 3. The van der Waals surface area contributed by atoms with Crippen molar-refractivity contribution in [2.75, 3.05) is 0 Å². The summed E-state index contributed by atoms with van der Waals surface area (Å²) in [6, 6.07) is 3.00. The Bertz CT molecular complexity index is 681. The number of fused-ring (bicyclic) bond motifs is 1. The van der Waals surface area contributed by atoms with Crippen molar-refractivity contribution in [2.45, 2.75) is 25.9 Å². The maximum absolute atomic E-state index is 12.7. The Labute approximate surface area is 112 Å². The van der Waals surface area contributed by atoms with Crippen molar-refractivity contribution in [2.24, 2.45) is 0 Å². The molecule has 0 amide bonds. The molecule has 20 heavy (non-hydrogen) atoms. The maximum atomic E-state index is 12.7. The third-order valence-electron chi connectivity index (χ3n) is 2.79. The highest BCUT2D eigenvalue weighted by atomic mass is 19.4. The predicted octanol–water partition coefficient (Wildman–Crippen LogP) is 3.47. The first kappa shape index (κ1) is 14.2. The third kappa shape index (κ3) is 2.56. The van der Waals surface area contributed by atoms with Gasteiger partial charge in [-0.2, -0.15) is 13.2 Å². The lowest BCUT2D eigenvalue weighted by atomic mass is 10.0. The van der Waals surface area contributed by atoms with Gasteiger partial charge >= 0.3 is 12.1 Å². The van der Waals surface area contributed by atoms with E-state index in [1.165, 1.54) is 0 Å². The van der Waals surface area contributed by atoms with Gasteiger partial charge in [-0.1, -0.05) is 13.8 Å². The first-order chi connectivity index (χ1) is 9.20. The molecule has 2 rings (SSSR count). The molecule has 1 heterocycles. The van der Waals surface area contributed by atoms with Gasteiger partial charge in [0.15, 0.2) is 0 Å². The maximum Gasteiger partial charge on any atom is 0.416 e. The Morgan fingerprint density at radius 1 is 1.25 bits per heavy atom. The molecule has 7 heteroatoms. The van der Waals surface area contributed by atoms with E-state index in [9.17, 15) is 18.0 Å². The molecule has 0 aliphatic carbocycles. The van der Waals surface area contributed by atoms with Crippen LogP contribution in [0.1, 0.15) is 41.6 Å². The molecular weight excluding hydrogens is 273 g/mol. The minimum absolute atomic E-state index is 0.189. The zero-order chi connectivity index (χ0) is 15.1. The normalized spacial score (nSPS) is 12.1. The topological polar surface area (TPSA) is 63.1 Å². The molecular formula is C13H11F3N2O2. The molecule has 0 bridgehead atoms. The van der Waals surface area contributed by atoms with Crippen LogP contribution in [0.3, 0.4) is 0 Å². The molecule has 0 saturated carbocycles. The lowest BCUT2D eigenvalue weighted by Gasteiger charge is -2.12. The molecule has 0 saturated heterocycles. The van der Waals surface area contributed by atoms with E-state index in [1.807, 2.05) is 0 Å². The van der Waals surface area contributed by atoms with E-state index < -0.39 is 23.5 Å². The number of aromatic carboxylic acids is 1. The average Bonchev–Trinajstić information content (AvgIpc) is 2.35. The Morgan fingerprint density at radius 3 is 2.40 bits per heavy atom. The molecule has 0 atom stereocenters. The largest absolute Gasteiger partial charge is 0.475 e. The highest BCUT2D eigenvalue weighted by Crippen LogP contribution is 2.33. The Kier molecular flexibility index (Phi) is 3.37. The summed E-state index contributed by atoms with van der Waals surface area (Å²) in [7, 11) is 0. The second-order valence-corrected chi connectivity index (χ2v) is 4.62. The summed E-state index contributed by atoms with van der Waals surface area (Å²) in [5.74, 6) is -1.95. The fourth-order valence-electron chi connectivity index (χ4n) is 1.86. The molecule has 4 nitrogen and oxygen atoms in total. The van der Waals surface area contributed by atoms with Crippen molar-refractivity contribution in [3.8, 4) is 0 Å².